The van der Waals surface area contributed by atoms with Crippen molar-refractivity contribution in [3.63, 3.8) is 0 Å². The number of hydrogen-bond donors (Lipinski definition) is 2. The molecule has 0 bridgehead atoms. The number of hydrogen-bond acceptors (Lipinski definition) is 5. The molecule has 0 saturated heterocycles. The average Bonchev–Trinajstić information content (AvgIpc) is 2.71. The Morgan fingerprint density at radius 1 is 1.24 bits per heavy atom. The van der Waals surface area contributed by atoms with Crippen LogP contribution in [0.5, 0.6) is 11.5 Å². The molecule has 0 heterocycles. The largest absolute Gasteiger partial charge is 0.491 e. The Labute approximate surface area is 175 Å². The Kier molecular flexibility index (Phi) is 8.07. The van der Waals surface area contributed by atoms with E-state index in [0.717, 1.165) is 0 Å². The summed E-state index contributed by atoms with van der Waals surface area (Å²) in [6.45, 7) is 2.48. The van der Waals surface area contributed by atoms with Crippen LogP contribution in [0, 0.1) is 0 Å². The molecule has 0 saturated carbocycles. The molecule has 156 valence electrons. The zero-order chi connectivity index (χ0) is 21.4. The van der Waals surface area contributed by atoms with Gasteiger partial charge >= 0.3 is 0 Å². The summed E-state index contributed by atoms with van der Waals surface area (Å²) in [5.41, 5.74) is 1.34. The number of benzene rings is 2. The van der Waals surface area contributed by atoms with E-state index in [0.29, 0.717) is 34.3 Å². The number of methoxy groups -OCH3 is 1. The Hall–Kier alpha value is -2.55. The van der Waals surface area contributed by atoms with Crippen LogP contribution < -0.4 is 19.5 Å². The molecule has 7 nitrogen and oxygen atoms in total. The molecule has 0 atom stereocenters. The van der Waals surface area contributed by atoms with Crippen LogP contribution in [0.3, 0.4) is 0 Å². The molecule has 0 aromatic heterocycles. The lowest BCUT2D eigenvalue weighted by molar-refractivity contribution is -0.116. The molecule has 2 rings (SSSR count). The number of ether oxygens (including phenoxy) is 2. The van der Waals surface area contributed by atoms with Crippen LogP contribution in [0.2, 0.25) is 5.02 Å². The summed E-state index contributed by atoms with van der Waals surface area (Å²) in [6, 6.07) is 9.74. The van der Waals surface area contributed by atoms with E-state index in [-0.39, 0.29) is 17.3 Å². The van der Waals surface area contributed by atoms with Gasteiger partial charge in [-0.2, -0.15) is 0 Å². The molecule has 2 aromatic carbocycles. The average molecular weight is 439 g/mol. The van der Waals surface area contributed by atoms with Crippen LogP contribution in [0.25, 0.3) is 6.08 Å². The van der Waals surface area contributed by atoms with Gasteiger partial charge in [0.25, 0.3) is 0 Å². The van der Waals surface area contributed by atoms with Gasteiger partial charge < -0.3 is 14.8 Å². The lowest BCUT2D eigenvalue weighted by atomic mass is 10.2. The highest BCUT2D eigenvalue weighted by Gasteiger charge is 2.12. The summed E-state index contributed by atoms with van der Waals surface area (Å²) in [5, 5.41) is 3.09. The summed E-state index contributed by atoms with van der Waals surface area (Å²) < 4.78 is 36.7. The van der Waals surface area contributed by atoms with E-state index in [1.807, 2.05) is 6.92 Å². The first-order chi connectivity index (χ1) is 13.8. The minimum atomic E-state index is -3.54. The van der Waals surface area contributed by atoms with Crippen molar-refractivity contribution in [1.82, 2.24) is 10.0 Å². The Bertz CT molecular complexity index is 1010. The zero-order valence-electron chi connectivity index (χ0n) is 16.4. The first-order valence-corrected chi connectivity index (χ1v) is 10.7. The Morgan fingerprint density at radius 2 is 2.00 bits per heavy atom. The molecule has 2 N–H and O–H groups in total. The third kappa shape index (κ3) is 6.22. The van der Waals surface area contributed by atoms with E-state index >= 15 is 0 Å². The Balaban J connectivity index is 2.06. The zero-order valence-corrected chi connectivity index (χ0v) is 17.9. The summed E-state index contributed by atoms with van der Waals surface area (Å²) in [6.07, 6.45) is 2.97. The molecule has 9 heteroatoms. The van der Waals surface area contributed by atoms with Crippen LogP contribution in [0.15, 0.2) is 47.4 Å². The SMILES string of the molecule is CCOc1cc(/C=C/C(=O)NCc2cccc(S(=O)(=O)NC)c2)cc(Cl)c1OC. The van der Waals surface area contributed by atoms with Gasteiger partial charge in [0, 0.05) is 12.6 Å². The quantitative estimate of drug-likeness (QED) is 0.587. The lowest BCUT2D eigenvalue weighted by Gasteiger charge is -2.11. The summed E-state index contributed by atoms with van der Waals surface area (Å²) in [5.74, 6) is 0.591. The van der Waals surface area contributed by atoms with Crippen LogP contribution >= 0.6 is 11.6 Å². The van der Waals surface area contributed by atoms with Crippen molar-refractivity contribution in [1.29, 1.82) is 0 Å². The topological polar surface area (TPSA) is 93.7 Å². The molecule has 0 radical (unpaired) electrons. The lowest BCUT2D eigenvalue weighted by Crippen LogP contribution is -2.21. The van der Waals surface area contributed by atoms with E-state index in [9.17, 15) is 13.2 Å². The van der Waals surface area contributed by atoms with Gasteiger partial charge in [-0.15, -0.1) is 0 Å². The first-order valence-electron chi connectivity index (χ1n) is 8.79. The van der Waals surface area contributed by atoms with E-state index in [4.69, 9.17) is 21.1 Å². The van der Waals surface area contributed by atoms with Gasteiger partial charge in [-0.1, -0.05) is 23.7 Å². The highest BCUT2D eigenvalue weighted by Crippen LogP contribution is 2.36. The molecule has 2 aromatic rings. The number of carbonyl (C=O) groups is 1. The normalized spacial score (nSPS) is 11.4. The molecule has 0 aliphatic rings. The highest BCUT2D eigenvalue weighted by atomic mass is 35.5. The van der Waals surface area contributed by atoms with Gasteiger partial charge in [-0.05, 0) is 55.4 Å². The number of rotatable bonds is 9. The molecule has 0 fully saturated rings. The number of sulfonamides is 1. The van der Waals surface area contributed by atoms with Crippen molar-refractivity contribution in [2.24, 2.45) is 0 Å². The summed E-state index contributed by atoms with van der Waals surface area (Å²) >= 11 is 6.20. The van der Waals surface area contributed by atoms with Gasteiger partial charge in [0.15, 0.2) is 11.5 Å². The number of nitrogens with one attached hydrogen (secondary N) is 2. The number of amides is 1. The third-order valence-electron chi connectivity index (χ3n) is 3.91. The van der Waals surface area contributed by atoms with E-state index in [1.165, 1.54) is 32.4 Å². The maximum absolute atomic E-state index is 12.1. The first kappa shape index (κ1) is 22.7. The second-order valence-electron chi connectivity index (χ2n) is 5.87. The van der Waals surface area contributed by atoms with Gasteiger partial charge in [-0.3, -0.25) is 4.79 Å². The molecule has 1 amide bonds. The molecule has 29 heavy (non-hydrogen) atoms. The molecule has 0 unspecified atom stereocenters. The summed E-state index contributed by atoms with van der Waals surface area (Å²) in [7, 11) is -0.688. The second kappa shape index (κ2) is 10.3. The van der Waals surface area contributed by atoms with Gasteiger partial charge in [0.1, 0.15) is 0 Å². The number of halogens is 1. The minimum Gasteiger partial charge on any atom is -0.491 e. The van der Waals surface area contributed by atoms with Gasteiger partial charge in [0.2, 0.25) is 15.9 Å². The van der Waals surface area contributed by atoms with E-state index in [1.54, 1.807) is 30.3 Å². The van der Waals surface area contributed by atoms with Gasteiger partial charge in [-0.25, -0.2) is 13.1 Å². The standard InChI is InChI=1S/C20H23ClN2O5S/c1-4-28-18-12-14(11-17(21)20(18)27-3)8-9-19(24)23-13-15-6-5-7-16(10-15)29(25,26)22-2/h5-12,22H,4,13H2,1-3H3,(H,23,24)/b9-8+. The summed E-state index contributed by atoms with van der Waals surface area (Å²) in [4.78, 5) is 12.3. The highest BCUT2D eigenvalue weighted by molar-refractivity contribution is 7.89. The minimum absolute atomic E-state index is 0.138. The molecular formula is C20H23ClN2O5S. The molecule has 0 aliphatic heterocycles. The fraction of sp³-hybridized carbons (Fsp3) is 0.250. The maximum Gasteiger partial charge on any atom is 0.244 e. The van der Waals surface area contributed by atoms with Crippen molar-refractivity contribution in [2.45, 2.75) is 18.4 Å². The van der Waals surface area contributed by atoms with Gasteiger partial charge in [0.05, 0.1) is 23.6 Å². The van der Waals surface area contributed by atoms with Crippen molar-refractivity contribution in [3.05, 3.63) is 58.6 Å². The molecular weight excluding hydrogens is 416 g/mol. The molecule has 0 spiro atoms. The van der Waals surface area contributed by atoms with Crippen molar-refractivity contribution in [3.8, 4) is 11.5 Å². The van der Waals surface area contributed by atoms with Crippen LogP contribution in [0.4, 0.5) is 0 Å². The Morgan fingerprint density at radius 3 is 2.66 bits per heavy atom. The maximum atomic E-state index is 12.1. The predicted molar refractivity (Wildman–Crippen MR) is 113 cm³/mol. The monoisotopic (exact) mass is 438 g/mol. The fourth-order valence-corrected chi connectivity index (χ4v) is 3.60. The van der Waals surface area contributed by atoms with E-state index in [2.05, 4.69) is 10.0 Å². The third-order valence-corrected chi connectivity index (χ3v) is 5.60. The van der Waals surface area contributed by atoms with Crippen LogP contribution in [-0.2, 0) is 21.4 Å². The predicted octanol–water partition coefficient (Wildman–Crippen LogP) is 2.99. The smallest absolute Gasteiger partial charge is 0.244 e. The fourth-order valence-electron chi connectivity index (χ4n) is 2.51. The van der Waals surface area contributed by atoms with Crippen molar-refractivity contribution >= 4 is 33.6 Å². The van der Waals surface area contributed by atoms with Crippen LogP contribution in [0.1, 0.15) is 18.1 Å². The second-order valence-corrected chi connectivity index (χ2v) is 8.17. The molecule has 0 aliphatic carbocycles. The van der Waals surface area contributed by atoms with Crippen molar-refractivity contribution in [2.75, 3.05) is 20.8 Å². The van der Waals surface area contributed by atoms with Crippen molar-refractivity contribution < 1.29 is 22.7 Å². The van der Waals surface area contributed by atoms with E-state index < -0.39 is 10.0 Å². The van der Waals surface area contributed by atoms with Crippen LogP contribution in [-0.4, -0.2) is 35.1 Å². The number of carbonyl (C=O) groups excluding carboxylic acids is 1.